The number of carboxylic acids is 1. The van der Waals surface area contributed by atoms with Crippen molar-refractivity contribution in [2.45, 2.75) is 42.5 Å². The second kappa shape index (κ2) is 7.34. The largest absolute Gasteiger partial charge is 0.486 e. The highest BCUT2D eigenvalue weighted by Gasteiger charge is 2.40. The third-order valence-electron chi connectivity index (χ3n) is 4.38. The maximum absolute atomic E-state index is 12.2. The number of rotatable bonds is 5. The molecule has 0 atom stereocenters. The fourth-order valence-corrected chi connectivity index (χ4v) is 3.84. The summed E-state index contributed by atoms with van der Waals surface area (Å²) in [6, 6.07) is 5.55. The number of nitrogens with one attached hydrogen (secondary N) is 1. The summed E-state index contributed by atoms with van der Waals surface area (Å²) in [4.78, 5) is 24.7. The van der Waals surface area contributed by atoms with Gasteiger partial charge in [0.15, 0.2) is 11.5 Å². The number of benzene rings is 1. The first kappa shape index (κ1) is 17.0. The van der Waals surface area contributed by atoms with Gasteiger partial charge in [0, 0.05) is 4.90 Å². The van der Waals surface area contributed by atoms with Crippen LogP contribution in [0.25, 0.3) is 0 Å². The number of hydrogen-bond acceptors (Lipinski definition) is 5. The normalized spacial score (nSPS) is 18.7. The molecule has 1 aliphatic carbocycles. The maximum Gasteiger partial charge on any atom is 0.329 e. The van der Waals surface area contributed by atoms with Gasteiger partial charge in [-0.25, -0.2) is 4.79 Å². The van der Waals surface area contributed by atoms with Crippen LogP contribution < -0.4 is 14.8 Å². The minimum absolute atomic E-state index is 0.175. The molecule has 1 heterocycles. The predicted molar refractivity (Wildman–Crippen MR) is 89.8 cm³/mol. The standard InChI is InChI=1S/C17H21NO5S/c19-15(18-17(16(20)21)6-2-1-3-7-17)11-24-12-4-5-13-14(10-12)23-9-8-22-13/h4-5,10H,1-3,6-9,11H2,(H,18,19)(H,20,21). The Balaban J connectivity index is 1.58. The number of fused-ring (bicyclic) bond motifs is 1. The SMILES string of the molecule is O=C(CSc1ccc2c(c1)OCCO2)NC1(C(=O)O)CCCCC1. The van der Waals surface area contributed by atoms with Crippen molar-refractivity contribution in [2.24, 2.45) is 0 Å². The zero-order valence-corrected chi connectivity index (χ0v) is 14.2. The smallest absolute Gasteiger partial charge is 0.329 e. The number of ether oxygens (including phenoxy) is 2. The lowest BCUT2D eigenvalue weighted by Crippen LogP contribution is -2.56. The Hall–Kier alpha value is -1.89. The summed E-state index contributed by atoms with van der Waals surface area (Å²) in [7, 11) is 0. The van der Waals surface area contributed by atoms with Crippen LogP contribution in [0.5, 0.6) is 11.5 Å². The van der Waals surface area contributed by atoms with Gasteiger partial charge in [-0.3, -0.25) is 4.79 Å². The van der Waals surface area contributed by atoms with Crippen LogP contribution in [0.3, 0.4) is 0 Å². The van der Waals surface area contributed by atoms with Gasteiger partial charge < -0.3 is 19.9 Å². The number of carbonyl (C=O) groups is 2. The average Bonchev–Trinajstić information content (AvgIpc) is 2.60. The average molecular weight is 351 g/mol. The molecule has 6 nitrogen and oxygen atoms in total. The van der Waals surface area contributed by atoms with Crippen LogP contribution in [0.15, 0.2) is 23.1 Å². The van der Waals surface area contributed by atoms with Gasteiger partial charge in [-0.15, -0.1) is 11.8 Å². The summed E-state index contributed by atoms with van der Waals surface area (Å²) in [5.74, 6) is 0.386. The van der Waals surface area contributed by atoms with E-state index in [1.165, 1.54) is 11.8 Å². The molecule has 0 radical (unpaired) electrons. The first-order chi connectivity index (χ1) is 11.6. The van der Waals surface area contributed by atoms with E-state index >= 15 is 0 Å². The van der Waals surface area contributed by atoms with Crippen molar-refractivity contribution in [1.29, 1.82) is 0 Å². The van der Waals surface area contributed by atoms with Crippen LogP contribution in [-0.2, 0) is 9.59 Å². The van der Waals surface area contributed by atoms with E-state index in [1.54, 1.807) is 0 Å². The van der Waals surface area contributed by atoms with E-state index in [0.717, 1.165) is 24.2 Å². The molecule has 1 saturated carbocycles. The van der Waals surface area contributed by atoms with Gasteiger partial charge in [-0.1, -0.05) is 19.3 Å². The van der Waals surface area contributed by atoms with Gasteiger partial charge in [0.1, 0.15) is 18.8 Å². The van der Waals surface area contributed by atoms with Crippen molar-refractivity contribution in [1.82, 2.24) is 5.32 Å². The van der Waals surface area contributed by atoms with E-state index in [-0.39, 0.29) is 11.7 Å². The quantitative estimate of drug-likeness (QED) is 0.793. The molecule has 24 heavy (non-hydrogen) atoms. The second-order valence-electron chi connectivity index (χ2n) is 6.09. The van der Waals surface area contributed by atoms with Gasteiger partial charge in [-0.2, -0.15) is 0 Å². The number of aliphatic carboxylic acids is 1. The fourth-order valence-electron chi connectivity index (χ4n) is 3.11. The van der Waals surface area contributed by atoms with Crippen LogP contribution >= 0.6 is 11.8 Å². The molecule has 1 fully saturated rings. The molecule has 0 saturated heterocycles. The molecule has 1 aromatic carbocycles. The van der Waals surface area contributed by atoms with Gasteiger partial charge in [0.05, 0.1) is 5.75 Å². The third-order valence-corrected chi connectivity index (χ3v) is 5.37. The molecule has 0 bridgehead atoms. The van der Waals surface area contributed by atoms with Crippen molar-refractivity contribution >= 4 is 23.6 Å². The zero-order valence-electron chi connectivity index (χ0n) is 13.4. The van der Waals surface area contributed by atoms with Crippen molar-refractivity contribution in [3.63, 3.8) is 0 Å². The van der Waals surface area contributed by atoms with Gasteiger partial charge in [0.25, 0.3) is 0 Å². The fraction of sp³-hybridized carbons (Fsp3) is 0.529. The Morgan fingerprint density at radius 3 is 2.54 bits per heavy atom. The topological polar surface area (TPSA) is 84.9 Å². The molecule has 0 aromatic heterocycles. The molecule has 0 unspecified atom stereocenters. The minimum Gasteiger partial charge on any atom is -0.486 e. The molecular formula is C17H21NO5S. The lowest BCUT2D eigenvalue weighted by Gasteiger charge is -2.33. The Morgan fingerprint density at radius 2 is 1.83 bits per heavy atom. The van der Waals surface area contributed by atoms with Crippen LogP contribution in [-0.4, -0.2) is 41.5 Å². The highest BCUT2D eigenvalue weighted by molar-refractivity contribution is 8.00. The van der Waals surface area contributed by atoms with Crippen molar-refractivity contribution in [3.8, 4) is 11.5 Å². The first-order valence-corrected chi connectivity index (χ1v) is 9.14. The molecule has 2 aliphatic rings. The number of carboxylic acid groups (broad SMARTS) is 1. The van der Waals surface area contributed by atoms with Crippen molar-refractivity contribution in [3.05, 3.63) is 18.2 Å². The minimum atomic E-state index is -1.09. The van der Waals surface area contributed by atoms with E-state index < -0.39 is 11.5 Å². The Kier molecular flexibility index (Phi) is 5.18. The third kappa shape index (κ3) is 3.77. The summed E-state index contributed by atoms with van der Waals surface area (Å²) >= 11 is 1.36. The first-order valence-electron chi connectivity index (χ1n) is 8.16. The Bertz CT molecular complexity index is 627. The Labute approximate surface area is 144 Å². The zero-order chi connectivity index (χ0) is 17.0. The molecule has 1 aliphatic heterocycles. The summed E-state index contributed by atoms with van der Waals surface area (Å²) in [5, 5.41) is 12.3. The monoisotopic (exact) mass is 351 g/mol. The highest BCUT2D eigenvalue weighted by atomic mass is 32.2. The van der Waals surface area contributed by atoms with Crippen LogP contribution in [0, 0.1) is 0 Å². The van der Waals surface area contributed by atoms with E-state index in [2.05, 4.69) is 5.32 Å². The molecule has 3 rings (SSSR count). The lowest BCUT2D eigenvalue weighted by molar-refractivity contribution is -0.148. The Morgan fingerprint density at radius 1 is 1.12 bits per heavy atom. The summed E-state index contributed by atoms with van der Waals surface area (Å²) in [6.07, 6.45) is 3.70. The number of hydrogen-bond donors (Lipinski definition) is 2. The lowest BCUT2D eigenvalue weighted by atomic mass is 9.81. The molecule has 2 N–H and O–H groups in total. The predicted octanol–water partition coefficient (Wildman–Crippen LogP) is 2.45. The number of thioether (sulfide) groups is 1. The summed E-state index contributed by atoms with van der Waals surface area (Å²) in [5.41, 5.74) is -1.09. The number of carbonyl (C=O) groups excluding carboxylic acids is 1. The molecule has 1 aromatic rings. The molecule has 7 heteroatoms. The van der Waals surface area contributed by atoms with Crippen LogP contribution in [0.4, 0.5) is 0 Å². The summed E-state index contributed by atoms with van der Waals surface area (Å²) in [6.45, 7) is 1.06. The highest BCUT2D eigenvalue weighted by Crippen LogP contribution is 2.34. The van der Waals surface area contributed by atoms with E-state index in [0.29, 0.717) is 37.6 Å². The summed E-state index contributed by atoms with van der Waals surface area (Å²) < 4.78 is 11.0. The second-order valence-corrected chi connectivity index (χ2v) is 7.14. The molecule has 130 valence electrons. The van der Waals surface area contributed by atoms with E-state index in [1.807, 2.05) is 18.2 Å². The molecular weight excluding hydrogens is 330 g/mol. The van der Waals surface area contributed by atoms with Gasteiger partial charge in [-0.05, 0) is 31.0 Å². The molecule has 0 spiro atoms. The van der Waals surface area contributed by atoms with E-state index in [4.69, 9.17) is 9.47 Å². The van der Waals surface area contributed by atoms with Crippen molar-refractivity contribution < 1.29 is 24.2 Å². The van der Waals surface area contributed by atoms with E-state index in [9.17, 15) is 14.7 Å². The number of amides is 1. The van der Waals surface area contributed by atoms with Gasteiger partial charge in [0.2, 0.25) is 5.91 Å². The maximum atomic E-state index is 12.2. The van der Waals surface area contributed by atoms with Crippen molar-refractivity contribution in [2.75, 3.05) is 19.0 Å². The van der Waals surface area contributed by atoms with Crippen LogP contribution in [0.2, 0.25) is 0 Å². The van der Waals surface area contributed by atoms with Crippen LogP contribution in [0.1, 0.15) is 32.1 Å². The molecule has 1 amide bonds. The van der Waals surface area contributed by atoms with Gasteiger partial charge >= 0.3 is 5.97 Å².